The third-order valence-corrected chi connectivity index (χ3v) is 3.19. The summed E-state index contributed by atoms with van der Waals surface area (Å²) < 4.78 is 5.39. The van der Waals surface area contributed by atoms with E-state index in [4.69, 9.17) is 4.74 Å². The van der Waals surface area contributed by atoms with Crippen molar-refractivity contribution in [2.45, 2.75) is 40.0 Å². The van der Waals surface area contributed by atoms with Crippen molar-refractivity contribution in [1.82, 2.24) is 4.98 Å². The highest BCUT2D eigenvalue weighted by atomic mass is 16.5. The number of nitrogens with zero attached hydrogens (tertiary/aromatic N) is 1. The molecule has 1 rings (SSSR count). The fourth-order valence-corrected chi connectivity index (χ4v) is 2.22. The largest absolute Gasteiger partial charge is 0.496 e. The predicted molar refractivity (Wildman–Crippen MR) is 69.5 cm³/mol. The van der Waals surface area contributed by atoms with Crippen molar-refractivity contribution in [1.29, 1.82) is 0 Å². The van der Waals surface area contributed by atoms with Gasteiger partial charge in [-0.1, -0.05) is 13.3 Å². The summed E-state index contributed by atoms with van der Waals surface area (Å²) in [6.45, 7) is 6.40. The molecule has 1 N–H and O–H groups in total. The Morgan fingerprint density at radius 1 is 1.41 bits per heavy atom. The zero-order valence-corrected chi connectivity index (χ0v) is 11.3. The van der Waals surface area contributed by atoms with E-state index in [0.29, 0.717) is 5.92 Å². The number of aliphatic hydroxyl groups excluding tert-OH is 1. The first-order valence-corrected chi connectivity index (χ1v) is 6.23. The van der Waals surface area contributed by atoms with E-state index in [9.17, 15) is 5.11 Å². The quantitative estimate of drug-likeness (QED) is 0.827. The minimum Gasteiger partial charge on any atom is -0.496 e. The fourth-order valence-electron chi connectivity index (χ4n) is 2.22. The van der Waals surface area contributed by atoms with Gasteiger partial charge in [0.2, 0.25) is 0 Å². The summed E-state index contributed by atoms with van der Waals surface area (Å²) in [6, 6.07) is 0. The average molecular weight is 237 g/mol. The molecule has 1 aromatic heterocycles. The van der Waals surface area contributed by atoms with E-state index in [2.05, 4.69) is 11.9 Å². The maximum atomic E-state index is 9.33. The Kier molecular flexibility index (Phi) is 5.42. The molecule has 0 bridgehead atoms. The minimum absolute atomic E-state index is 0.227. The van der Waals surface area contributed by atoms with Crippen molar-refractivity contribution in [3.8, 4) is 5.75 Å². The molecule has 17 heavy (non-hydrogen) atoms. The molecule has 1 unspecified atom stereocenters. The summed E-state index contributed by atoms with van der Waals surface area (Å²) in [4.78, 5) is 4.47. The summed E-state index contributed by atoms with van der Waals surface area (Å²) in [6.07, 6.45) is 4.80. The number of pyridine rings is 1. The fraction of sp³-hybridized carbons (Fsp3) is 0.643. The molecule has 0 saturated heterocycles. The molecule has 0 amide bonds. The Morgan fingerprint density at radius 3 is 2.65 bits per heavy atom. The van der Waals surface area contributed by atoms with Crippen LogP contribution < -0.4 is 4.74 Å². The lowest BCUT2D eigenvalue weighted by molar-refractivity contribution is 0.216. The normalized spacial score (nSPS) is 12.5. The number of aryl methyl sites for hydroxylation is 1. The average Bonchev–Trinajstić information content (AvgIpc) is 2.32. The minimum atomic E-state index is 0.227. The van der Waals surface area contributed by atoms with E-state index < -0.39 is 0 Å². The van der Waals surface area contributed by atoms with Crippen LogP contribution in [0.3, 0.4) is 0 Å². The van der Waals surface area contributed by atoms with E-state index in [1.807, 2.05) is 20.0 Å². The van der Waals surface area contributed by atoms with E-state index in [0.717, 1.165) is 41.8 Å². The van der Waals surface area contributed by atoms with Gasteiger partial charge >= 0.3 is 0 Å². The topological polar surface area (TPSA) is 42.4 Å². The molecule has 0 aliphatic rings. The van der Waals surface area contributed by atoms with Crippen LogP contribution in [-0.4, -0.2) is 23.8 Å². The number of ether oxygens (including phenoxy) is 1. The van der Waals surface area contributed by atoms with Crippen molar-refractivity contribution >= 4 is 0 Å². The summed E-state index contributed by atoms with van der Waals surface area (Å²) in [5, 5.41) is 9.33. The van der Waals surface area contributed by atoms with E-state index in [1.165, 1.54) is 0 Å². The molecular formula is C14H23NO2. The van der Waals surface area contributed by atoms with Crippen LogP contribution in [0.25, 0.3) is 0 Å². The van der Waals surface area contributed by atoms with Gasteiger partial charge in [0, 0.05) is 29.6 Å². The molecule has 3 heteroatoms. The first-order valence-electron chi connectivity index (χ1n) is 6.23. The van der Waals surface area contributed by atoms with Crippen LogP contribution in [0, 0.1) is 19.8 Å². The van der Waals surface area contributed by atoms with Crippen molar-refractivity contribution in [3.63, 3.8) is 0 Å². The molecule has 0 saturated carbocycles. The smallest absolute Gasteiger partial charge is 0.128 e. The number of aliphatic hydroxyl groups is 1. The van der Waals surface area contributed by atoms with Crippen LogP contribution in [0.5, 0.6) is 5.75 Å². The Hall–Kier alpha value is -1.09. The van der Waals surface area contributed by atoms with Crippen LogP contribution in [0.2, 0.25) is 0 Å². The molecule has 0 aliphatic heterocycles. The second-order valence-corrected chi connectivity index (χ2v) is 4.59. The number of rotatable bonds is 6. The molecule has 0 fully saturated rings. The zero-order valence-electron chi connectivity index (χ0n) is 11.3. The molecule has 0 radical (unpaired) electrons. The van der Waals surface area contributed by atoms with Gasteiger partial charge in [0.25, 0.3) is 0 Å². The molecule has 96 valence electrons. The molecule has 0 aromatic carbocycles. The Labute approximate surface area is 104 Å². The first-order chi connectivity index (χ1) is 8.13. The number of aromatic nitrogens is 1. The van der Waals surface area contributed by atoms with Crippen LogP contribution in [0.1, 0.15) is 36.6 Å². The predicted octanol–water partition coefficient (Wildman–Crippen LogP) is 2.66. The summed E-state index contributed by atoms with van der Waals surface area (Å²) in [5.41, 5.74) is 3.20. The zero-order chi connectivity index (χ0) is 12.8. The molecule has 0 spiro atoms. The molecule has 0 aliphatic carbocycles. The van der Waals surface area contributed by atoms with Crippen LogP contribution in [-0.2, 0) is 6.42 Å². The van der Waals surface area contributed by atoms with Gasteiger partial charge in [0.15, 0.2) is 0 Å². The van der Waals surface area contributed by atoms with Gasteiger partial charge in [0.05, 0.1) is 7.11 Å². The van der Waals surface area contributed by atoms with Crippen molar-refractivity contribution in [2.75, 3.05) is 13.7 Å². The SMILES string of the molecule is CCCC(CO)Cc1ncc(C)c(OC)c1C. The number of hydrogen-bond acceptors (Lipinski definition) is 3. The highest BCUT2D eigenvalue weighted by Crippen LogP contribution is 2.26. The van der Waals surface area contributed by atoms with E-state index >= 15 is 0 Å². The lowest BCUT2D eigenvalue weighted by Crippen LogP contribution is -2.12. The third-order valence-electron chi connectivity index (χ3n) is 3.19. The first kappa shape index (κ1) is 14.0. The van der Waals surface area contributed by atoms with Crippen molar-refractivity contribution < 1.29 is 9.84 Å². The van der Waals surface area contributed by atoms with Gasteiger partial charge in [-0.25, -0.2) is 0 Å². The molecule has 1 atom stereocenters. The monoisotopic (exact) mass is 237 g/mol. The standard InChI is InChI=1S/C14H23NO2/c1-5-6-12(9-16)7-13-11(3)14(17-4)10(2)8-15-13/h8,12,16H,5-7,9H2,1-4H3. The van der Waals surface area contributed by atoms with Gasteiger partial charge in [-0.05, 0) is 32.6 Å². The number of hydrogen-bond donors (Lipinski definition) is 1. The van der Waals surface area contributed by atoms with Crippen molar-refractivity contribution in [2.24, 2.45) is 5.92 Å². The van der Waals surface area contributed by atoms with Crippen molar-refractivity contribution in [3.05, 3.63) is 23.0 Å². The Morgan fingerprint density at radius 2 is 2.12 bits per heavy atom. The van der Waals surface area contributed by atoms with E-state index in [-0.39, 0.29) is 6.61 Å². The second kappa shape index (κ2) is 6.60. The summed E-state index contributed by atoms with van der Waals surface area (Å²) >= 11 is 0. The van der Waals surface area contributed by atoms with Crippen LogP contribution in [0.4, 0.5) is 0 Å². The Balaban J connectivity index is 2.91. The highest BCUT2D eigenvalue weighted by Gasteiger charge is 2.14. The molecular weight excluding hydrogens is 214 g/mol. The highest BCUT2D eigenvalue weighted by molar-refractivity contribution is 5.41. The molecule has 1 heterocycles. The maximum absolute atomic E-state index is 9.33. The Bertz CT molecular complexity index is 363. The third kappa shape index (κ3) is 3.43. The van der Waals surface area contributed by atoms with E-state index in [1.54, 1.807) is 7.11 Å². The van der Waals surface area contributed by atoms with Gasteiger partial charge in [-0.3, -0.25) is 4.98 Å². The summed E-state index contributed by atoms with van der Waals surface area (Å²) in [5.74, 6) is 1.22. The second-order valence-electron chi connectivity index (χ2n) is 4.59. The van der Waals surface area contributed by atoms with Gasteiger partial charge in [-0.2, -0.15) is 0 Å². The lowest BCUT2D eigenvalue weighted by atomic mass is 9.96. The van der Waals surface area contributed by atoms with Gasteiger partial charge in [0.1, 0.15) is 5.75 Å². The lowest BCUT2D eigenvalue weighted by Gasteiger charge is -2.16. The van der Waals surface area contributed by atoms with Gasteiger partial charge in [-0.15, -0.1) is 0 Å². The van der Waals surface area contributed by atoms with Crippen LogP contribution >= 0.6 is 0 Å². The van der Waals surface area contributed by atoms with Crippen LogP contribution in [0.15, 0.2) is 6.20 Å². The number of methoxy groups -OCH3 is 1. The molecule has 3 nitrogen and oxygen atoms in total. The van der Waals surface area contributed by atoms with Gasteiger partial charge < -0.3 is 9.84 Å². The maximum Gasteiger partial charge on any atom is 0.128 e. The molecule has 1 aromatic rings. The summed E-state index contributed by atoms with van der Waals surface area (Å²) in [7, 11) is 1.69.